The second-order valence-electron chi connectivity index (χ2n) is 18.6. The van der Waals surface area contributed by atoms with Crippen LogP contribution in [0.4, 0.5) is 0 Å². The molecule has 0 aromatic carbocycles. The van der Waals surface area contributed by atoms with Crippen molar-refractivity contribution in [2.75, 3.05) is 19.8 Å². The molecule has 8 heteroatoms. The number of hydrogen-bond acceptors (Lipinski definition) is 5. The Labute approximate surface area is 292 Å². The molecule has 7 nitrogen and oxygen atoms in total. The minimum Gasteiger partial charge on any atom is -0.481 e. The summed E-state index contributed by atoms with van der Waals surface area (Å²) < 4.78 is 16.9. The van der Waals surface area contributed by atoms with E-state index in [1.54, 1.807) is 5.57 Å². The minimum absolute atomic E-state index is 0.0639. The number of rotatable bonds is 8. The maximum Gasteiger partial charge on any atom is 0.307 e. The summed E-state index contributed by atoms with van der Waals surface area (Å²) in [6, 6.07) is 0.0639. The third-order valence-electron chi connectivity index (χ3n) is 16.0. The van der Waals surface area contributed by atoms with Crippen molar-refractivity contribution in [2.24, 2.45) is 68.3 Å². The van der Waals surface area contributed by atoms with E-state index in [-0.39, 0.29) is 45.1 Å². The summed E-state index contributed by atoms with van der Waals surface area (Å²) in [5.74, 6) is 0.794. The van der Waals surface area contributed by atoms with Gasteiger partial charge in [0.2, 0.25) is 0 Å². The number of nitrogens with two attached hydrogens (primary N) is 1. The average Bonchev–Trinajstić information content (AvgIpc) is 3.41. The molecule has 0 spiro atoms. The lowest BCUT2D eigenvalue weighted by atomic mass is 9.34. The van der Waals surface area contributed by atoms with Gasteiger partial charge in [0.25, 0.3) is 0 Å². The predicted octanol–water partition coefficient (Wildman–Crippen LogP) is 8.53. The minimum atomic E-state index is -0.610. The fourth-order valence-corrected chi connectivity index (χ4v) is 12.6. The molecule has 5 aliphatic rings. The first-order valence-corrected chi connectivity index (χ1v) is 19.2. The molecule has 3 saturated carbocycles. The molecule has 1 aromatic heterocycles. The summed E-state index contributed by atoms with van der Waals surface area (Å²) in [5.41, 5.74) is 6.87. The first-order chi connectivity index (χ1) is 21.8. The van der Waals surface area contributed by atoms with Crippen LogP contribution in [-0.4, -0.2) is 52.1 Å². The van der Waals surface area contributed by atoms with Gasteiger partial charge in [0.1, 0.15) is 0 Å². The molecule has 3 N–H and O–H groups in total. The zero-order valence-electron chi connectivity index (χ0n) is 30.7. The fraction of sp³-hybridized carbons (Fsp3) is 0.846. The maximum atomic E-state index is 13.4. The highest BCUT2D eigenvalue weighted by Crippen LogP contribution is 2.75. The molecular formula is C39H62BrN3O4. The number of allylic oxidation sites excluding steroid dienone is 1. The van der Waals surface area contributed by atoms with E-state index < -0.39 is 17.4 Å². The van der Waals surface area contributed by atoms with Gasteiger partial charge in [-0.15, -0.1) is 0 Å². The molecule has 1 aliphatic heterocycles. The number of aliphatic carboxylic acids is 1. The van der Waals surface area contributed by atoms with Crippen molar-refractivity contribution in [3.8, 4) is 0 Å². The second kappa shape index (κ2) is 11.7. The number of imidazole rings is 1. The number of hydrogen-bond donors (Lipinski definition) is 2. The third-order valence-corrected chi connectivity index (χ3v) is 16.6. The predicted molar refractivity (Wildman–Crippen MR) is 190 cm³/mol. The molecular weight excluding hydrogens is 654 g/mol. The first-order valence-electron chi connectivity index (χ1n) is 18.4. The van der Waals surface area contributed by atoms with Gasteiger partial charge in [0.05, 0.1) is 37.9 Å². The normalized spacial score (nSPS) is 45.0. The number of nitrogens with zero attached hydrogens (tertiary/aromatic N) is 2. The molecule has 47 heavy (non-hydrogen) atoms. The average molecular weight is 717 g/mol. The molecule has 2 bridgehead atoms. The lowest BCUT2D eigenvalue weighted by molar-refractivity contribution is -0.252. The van der Waals surface area contributed by atoms with Crippen molar-refractivity contribution in [3.63, 3.8) is 0 Å². The highest BCUT2D eigenvalue weighted by atomic mass is 79.9. The Morgan fingerprint density at radius 1 is 1.15 bits per heavy atom. The van der Waals surface area contributed by atoms with Crippen LogP contribution in [0.5, 0.6) is 0 Å². The topological polar surface area (TPSA) is 99.6 Å². The molecule has 1 saturated heterocycles. The smallest absolute Gasteiger partial charge is 0.307 e. The summed E-state index contributed by atoms with van der Waals surface area (Å²) in [6.07, 6.45) is 12.3. The molecule has 1 aromatic rings. The summed E-state index contributed by atoms with van der Waals surface area (Å²) in [5, 5.41) is 11.0. The van der Waals surface area contributed by atoms with Crippen LogP contribution >= 0.6 is 15.9 Å². The third kappa shape index (κ3) is 4.94. The number of carboxylic acid groups (broad SMARTS) is 1. The van der Waals surface area contributed by atoms with Crippen molar-refractivity contribution in [2.45, 2.75) is 125 Å². The van der Waals surface area contributed by atoms with Crippen molar-refractivity contribution >= 4 is 21.9 Å². The SMILES string of the molecule is CC(C)[C@@H](C)[C@@]1(C)CC[C@]2(C)[C@H]3CC[C@@H]4[C@@]5(COC[C@@]4(C)[C@@H](OC[C@](C)(N)C(C)C)[C@H](n4ccnc4Br)C5)C3=CC[C@@]2(C)[C@@H]1C(=O)O. The Hall–Kier alpha value is -1.22. The molecule has 0 radical (unpaired) electrons. The van der Waals surface area contributed by atoms with E-state index >= 15 is 0 Å². The molecule has 0 amide bonds. The van der Waals surface area contributed by atoms with Crippen LogP contribution in [0.15, 0.2) is 28.8 Å². The van der Waals surface area contributed by atoms with E-state index in [0.29, 0.717) is 43.5 Å². The summed E-state index contributed by atoms with van der Waals surface area (Å²) in [7, 11) is 0. The molecule has 12 atom stereocenters. The molecule has 6 rings (SSSR count). The Morgan fingerprint density at radius 3 is 2.45 bits per heavy atom. The molecule has 0 unspecified atom stereocenters. The first kappa shape index (κ1) is 35.6. The van der Waals surface area contributed by atoms with Crippen molar-refractivity contribution in [3.05, 3.63) is 28.8 Å². The fourth-order valence-electron chi connectivity index (χ4n) is 12.1. The van der Waals surface area contributed by atoms with Gasteiger partial charge in [-0.25, -0.2) is 4.98 Å². The summed E-state index contributed by atoms with van der Waals surface area (Å²) in [6.45, 7) is 24.6. The van der Waals surface area contributed by atoms with Gasteiger partial charge in [-0.2, -0.15) is 0 Å². The lowest BCUT2D eigenvalue weighted by Gasteiger charge is -2.71. The van der Waals surface area contributed by atoms with Crippen LogP contribution in [0.3, 0.4) is 0 Å². The molecule has 4 fully saturated rings. The number of fused-ring (bicyclic) bond motifs is 3. The standard InChI is InChI=1S/C39H62BrN3O4/c1-23(2)25(5)34(6)15-16-36(8)26-11-12-29-35(7)20-46-22-39(29,27(26)13-14-37(36,9)30(34)32(44)45)19-28(43-18-17-42-33(43)40)31(35)47-21-38(10,41)24(3)4/h13,17-18,23-26,28-31H,11-12,14-16,19-22,41H2,1-10H3,(H,44,45)/t25-,26+,28-,29+,30-,31+,34-,35-,36-,37+,38+,39+/m1/s1. The number of carbonyl (C=O) groups is 1. The van der Waals surface area contributed by atoms with Gasteiger partial charge in [0, 0.05) is 28.8 Å². The van der Waals surface area contributed by atoms with Gasteiger partial charge in [-0.1, -0.05) is 74.0 Å². The Bertz CT molecular complexity index is 1410. The lowest BCUT2D eigenvalue weighted by Crippen LogP contribution is -2.69. The van der Waals surface area contributed by atoms with E-state index in [0.717, 1.165) is 43.3 Å². The largest absolute Gasteiger partial charge is 0.481 e. The van der Waals surface area contributed by atoms with E-state index in [1.165, 1.54) is 0 Å². The second-order valence-corrected chi connectivity index (χ2v) is 19.3. The van der Waals surface area contributed by atoms with Crippen LogP contribution in [0.2, 0.25) is 0 Å². The van der Waals surface area contributed by atoms with E-state index in [4.69, 9.17) is 15.2 Å². The number of halogens is 1. The van der Waals surface area contributed by atoms with Gasteiger partial charge < -0.3 is 24.9 Å². The number of aromatic nitrogens is 2. The Morgan fingerprint density at radius 2 is 1.85 bits per heavy atom. The Balaban J connectivity index is 1.45. The van der Waals surface area contributed by atoms with Crippen molar-refractivity contribution < 1.29 is 19.4 Å². The highest BCUT2D eigenvalue weighted by Gasteiger charge is 2.72. The van der Waals surface area contributed by atoms with E-state index in [1.807, 2.05) is 6.20 Å². The van der Waals surface area contributed by atoms with Gasteiger partial charge in [-0.05, 0) is 107 Å². The quantitative estimate of drug-likeness (QED) is 0.262. The van der Waals surface area contributed by atoms with Crippen LogP contribution in [0.25, 0.3) is 0 Å². The van der Waals surface area contributed by atoms with E-state index in [9.17, 15) is 9.90 Å². The van der Waals surface area contributed by atoms with Crippen molar-refractivity contribution in [1.29, 1.82) is 0 Å². The van der Waals surface area contributed by atoms with Crippen LogP contribution in [0, 0.1) is 62.6 Å². The van der Waals surface area contributed by atoms with Crippen LogP contribution < -0.4 is 5.73 Å². The van der Waals surface area contributed by atoms with Crippen LogP contribution in [0.1, 0.15) is 114 Å². The van der Waals surface area contributed by atoms with Gasteiger partial charge in [0.15, 0.2) is 4.73 Å². The maximum absolute atomic E-state index is 13.4. The van der Waals surface area contributed by atoms with Crippen molar-refractivity contribution in [1.82, 2.24) is 9.55 Å². The van der Waals surface area contributed by atoms with Gasteiger partial charge >= 0.3 is 5.97 Å². The zero-order chi connectivity index (χ0) is 34.5. The monoisotopic (exact) mass is 715 g/mol. The van der Waals surface area contributed by atoms with Gasteiger partial charge in [-0.3, -0.25) is 4.79 Å². The molecule has 2 heterocycles. The summed E-state index contributed by atoms with van der Waals surface area (Å²) in [4.78, 5) is 18.0. The van der Waals surface area contributed by atoms with Crippen LogP contribution in [-0.2, 0) is 14.3 Å². The zero-order valence-corrected chi connectivity index (χ0v) is 32.3. The highest BCUT2D eigenvalue weighted by molar-refractivity contribution is 9.10. The molecule has 4 aliphatic carbocycles. The number of ether oxygens (including phenoxy) is 2. The van der Waals surface area contributed by atoms with E-state index in [2.05, 4.69) is 107 Å². The summed E-state index contributed by atoms with van der Waals surface area (Å²) >= 11 is 3.78. The number of carboxylic acids is 1. The molecule has 264 valence electrons. The Kier molecular flexibility index (Phi) is 8.84.